The zero-order valence-corrected chi connectivity index (χ0v) is 9.79. The fourth-order valence-corrected chi connectivity index (χ4v) is 2.36. The summed E-state index contributed by atoms with van der Waals surface area (Å²) in [5.74, 6) is 0.661. The molecule has 0 amide bonds. The molecule has 0 aromatic carbocycles. The monoisotopic (exact) mass is 199 g/mol. The van der Waals surface area contributed by atoms with Crippen molar-refractivity contribution >= 4 is 0 Å². The van der Waals surface area contributed by atoms with Crippen molar-refractivity contribution in [2.24, 2.45) is 5.92 Å². The van der Waals surface area contributed by atoms with E-state index in [0.29, 0.717) is 18.0 Å². The molecule has 3 atom stereocenters. The summed E-state index contributed by atoms with van der Waals surface area (Å²) in [4.78, 5) is 0. The molecule has 0 saturated heterocycles. The minimum absolute atomic E-state index is 0.114. The minimum Gasteiger partial charge on any atom is -0.392 e. The molecule has 84 valence electrons. The topological polar surface area (TPSA) is 32.3 Å². The van der Waals surface area contributed by atoms with E-state index in [4.69, 9.17) is 0 Å². The summed E-state index contributed by atoms with van der Waals surface area (Å²) < 4.78 is 0. The molecule has 0 heterocycles. The van der Waals surface area contributed by atoms with Crippen LogP contribution in [0.2, 0.25) is 0 Å². The molecule has 1 aliphatic rings. The summed E-state index contributed by atoms with van der Waals surface area (Å²) in [5.41, 5.74) is 0. The Morgan fingerprint density at radius 2 is 1.93 bits per heavy atom. The van der Waals surface area contributed by atoms with Gasteiger partial charge in [0.1, 0.15) is 0 Å². The second-order valence-electron chi connectivity index (χ2n) is 4.88. The first-order chi connectivity index (χ1) is 6.65. The molecule has 0 spiro atoms. The van der Waals surface area contributed by atoms with Crippen molar-refractivity contribution in [2.75, 3.05) is 0 Å². The molecule has 2 nitrogen and oxygen atoms in total. The van der Waals surface area contributed by atoms with Crippen LogP contribution in [-0.4, -0.2) is 23.3 Å². The van der Waals surface area contributed by atoms with E-state index >= 15 is 0 Å². The third-order valence-corrected chi connectivity index (χ3v) is 3.40. The summed E-state index contributed by atoms with van der Waals surface area (Å²) in [6.45, 7) is 6.71. The normalized spacial score (nSPS) is 30.6. The average Bonchev–Trinajstić information content (AvgIpc) is 2.16. The predicted molar refractivity (Wildman–Crippen MR) is 60.3 cm³/mol. The van der Waals surface area contributed by atoms with Crippen LogP contribution in [-0.2, 0) is 0 Å². The van der Waals surface area contributed by atoms with Gasteiger partial charge < -0.3 is 10.4 Å². The van der Waals surface area contributed by atoms with E-state index in [1.165, 1.54) is 12.8 Å². The quantitative estimate of drug-likeness (QED) is 0.728. The first kappa shape index (κ1) is 12.0. The van der Waals surface area contributed by atoms with Gasteiger partial charge in [-0.2, -0.15) is 0 Å². The largest absolute Gasteiger partial charge is 0.392 e. The Balaban J connectivity index is 2.39. The van der Waals surface area contributed by atoms with Gasteiger partial charge >= 0.3 is 0 Å². The molecule has 0 bridgehead atoms. The zero-order valence-electron chi connectivity index (χ0n) is 9.79. The van der Waals surface area contributed by atoms with Crippen LogP contribution in [0, 0.1) is 5.92 Å². The Bertz CT molecular complexity index is 158. The Labute approximate surface area is 88.1 Å². The third kappa shape index (κ3) is 3.25. The lowest BCUT2D eigenvalue weighted by Gasteiger charge is -2.33. The summed E-state index contributed by atoms with van der Waals surface area (Å²) in [5, 5.41) is 13.4. The van der Waals surface area contributed by atoms with Crippen LogP contribution in [0.1, 0.15) is 52.9 Å². The number of aliphatic hydroxyl groups excluding tert-OH is 1. The fraction of sp³-hybridized carbons (Fsp3) is 1.00. The van der Waals surface area contributed by atoms with Crippen LogP contribution in [0.15, 0.2) is 0 Å². The van der Waals surface area contributed by atoms with E-state index in [9.17, 15) is 5.11 Å². The molecule has 1 fully saturated rings. The SMILES string of the molecule is CC[C@@H](N[C@H]1CCCC[C@@H]1O)C(C)C. The molecule has 0 radical (unpaired) electrons. The Kier molecular flexibility index (Phi) is 4.90. The number of rotatable bonds is 4. The van der Waals surface area contributed by atoms with Crippen LogP contribution in [0.25, 0.3) is 0 Å². The predicted octanol–water partition coefficient (Wildman–Crippen LogP) is 2.31. The summed E-state index contributed by atoms with van der Waals surface area (Å²) in [6.07, 6.45) is 5.62. The van der Waals surface area contributed by atoms with Crippen molar-refractivity contribution in [3.8, 4) is 0 Å². The van der Waals surface area contributed by atoms with Gasteiger partial charge in [-0.25, -0.2) is 0 Å². The second-order valence-corrected chi connectivity index (χ2v) is 4.88. The minimum atomic E-state index is -0.114. The van der Waals surface area contributed by atoms with Crippen molar-refractivity contribution in [1.29, 1.82) is 0 Å². The van der Waals surface area contributed by atoms with Gasteiger partial charge in [0.05, 0.1) is 6.10 Å². The zero-order chi connectivity index (χ0) is 10.6. The molecular formula is C12H25NO. The lowest BCUT2D eigenvalue weighted by Crippen LogP contribution is -2.48. The van der Waals surface area contributed by atoms with Crippen LogP contribution in [0.3, 0.4) is 0 Å². The maximum absolute atomic E-state index is 9.83. The highest BCUT2D eigenvalue weighted by molar-refractivity contribution is 4.84. The van der Waals surface area contributed by atoms with E-state index in [1.807, 2.05) is 0 Å². The van der Waals surface area contributed by atoms with Gasteiger partial charge in [0, 0.05) is 12.1 Å². The molecule has 1 saturated carbocycles. The van der Waals surface area contributed by atoms with Gasteiger partial charge in [-0.3, -0.25) is 0 Å². The Morgan fingerprint density at radius 1 is 1.29 bits per heavy atom. The first-order valence-electron chi connectivity index (χ1n) is 6.09. The number of hydrogen-bond acceptors (Lipinski definition) is 2. The molecule has 2 heteroatoms. The molecule has 0 unspecified atom stereocenters. The molecule has 2 N–H and O–H groups in total. The van der Waals surface area contributed by atoms with Gasteiger partial charge in [0.2, 0.25) is 0 Å². The third-order valence-electron chi connectivity index (χ3n) is 3.40. The van der Waals surface area contributed by atoms with Crippen LogP contribution < -0.4 is 5.32 Å². The molecular weight excluding hydrogens is 174 g/mol. The van der Waals surface area contributed by atoms with E-state index in [-0.39, 0.29) is 6.10 Å². The highest BCUT2D eigenvalue weighted by Gasteiger charge is 2.25. The molecule has 0 aromatic rings. The number of nitrogens with one attached hydrogen (secondary N) is 1. The fourth-order valence-electron chi connectivity index (χ4n) is 2.36. The van der Waals surface area contributed by atoms with Gasteiger partial charge in [0.25, 0.3) is 0 Å². The molecule has 14 heavy (non-hydrogen) atoms. The number of aliphatic hydroxyl groups is 1. The van der Waals surface area contributed by atoms with Crippen molar-refractivity contribution < 1.29 is 5.11 Å². The van der Waals surface area contributed by atoms with Crippen LogP contribution >= 0.6 is 0 Å². The van der Waals surface area contributed by atoms with Gasteiger partial charge in [-0.1, -0.05) is 33.6 Å². The van der Waals surface area contributed by atoms with E-state index in [0.717, 1.165) is 19.3 Å². The molecule has 1 aliphatic carbocycles. The van der Waals surface area contributed by atoms with E-state index < -0.39 is 0 Å². The van der Waals surface area contributed by atoms with Crippen molar-refractivity contribution in [3.05, 3.63) is 0 Å². The summed E-state index contributed by atoms with van der Waals surface area (Å²) in [6, 6.07) is 0.906. The van der Waals surface area contributed by atoms with Gasteiger partial charge in [-0.15, -0.1) is 0 Å². The lowest BCUT2D eigenvalue weighted by atomic mass is 9.90. The Hall–Kier alpha value is -0.0800. The maximum atomic E-state index is 9.83. The smallest absolute Gasteiger partial charge is 0.0693 e. The van der Waals surface area contributed by atoms with Crippen molar-refractivity contribution in [3.63, 3.8) is 0 Å². The highest BCUT2D eigenvalue weighted by Crippen LogP contribution is 2.20. The van der Waals surface area contributed by atoms with E-state index in [2.05, 4.69) is 26.1 Å². The van der Waals surface area contributed by atoms with Crippen LogP contribution in [0.5, 0.6) is 0 Å². The van der Waals surface area contributed by atoms with Gasteiger partial charge in [0.15, 0.2) is 0 Å². The van der Waals surface area contributed by atoms with Crippen molar-refractivity contribution in [1.82, 2.24) is 5.32 Å². The van der Waals surface area contributed by atoms with Crippen molar-refractivity contribution in [2.45, 2.75) is 71.1 Å². The maximum Gasteiger partial charge on any atom is 0.0693 e. The second kappa shape index (κ2) is 5.72. The summed E-state index contributed by atoms with van der Waals surface area (Å²) in [7, 11) is 0. The number of hydrogen-bond donors (Lipinski definition) is 2. The standard InChI is InChI=1S/C12H25NO/c1-4-10(9(2)3)13-11-7-5-6-8-12(11)14/h9-14H,4-8H2,1-3H3/t10-,11+,12+/m1/s1. The highest BCUT2D eigenvalue weighted by atomic mass is 16.3. The Morgan fingerprint density at radius 3 is 2.43 bits per heavy atom. The molecule has 0 aromatic heterocycles. The average molecular weight is 199 g/mol. The first-order valence-corrected chi connectivity index (χ1v) is 6.09. The molecule has 1 rings (SSSR count). The lowest BCUT2D eigenvalue weighted by molar-refractivity contribution is 0.0806. The van der Waals surface area contributed by atoms with Crippen LogP contribution in [0.4, 0.5) is 0 Å². The molecule has 0 aliphatic heterocycles. The summed E-state index contributed by atoms with van der Waals surface area (Å²) >= 11 is 0. The van der Waals surface area contributed by atoms with E-state index in [1.54, 1.807) is 0 Å². The van der Waals surface area contributed by atoms with Gasteiger partial charge in [-0.05, 0) is 25.2 Å².